The first-order chi connectivity index (χ1) is 8.43. The van der Waals surface area contributed by atoms with Crippen molar-refractivity contribution in [2.45, 2.75) is 10.9 Å². The molecule has 94 valence electrons. The second-order valence-corrected chi connectivity index (χ2v) is 5.04. The van der Waals surface area contributed by atoms with Gasteiger partial charge < -0.3 is 0 Å². The summed E-state index contributed by atoms with van der Waals surface area (Å²) in [4.78, 5) is 35.5. The third kappa shape index (κ3) is 2.19. The summed E-state index contributed by atoms with van der Waals surface area (Å²) in [5, 5.41) is 1.93. The molecule has 18 heavy (non-hydrogen) atoms. The summed E-state index contributed by atoms with van der Waals surface area (Å²) in [5.41, 5.74) is 0.722. The molecule has 0 saturated carbocycles. The third-order valence-electron chi connectivity index (χ3n) is 2.45. The van der Waals surface area contributed by atoms with Crippen LogP contribution in [0.25, 0.3) is 0 Å². The van der Waals surface area contributed by atoms with Crippen LogP contribution in [0.4, 0.5) is 4.79 Å². The van der Waals surface area contributed by atoms with Crippen LogP contribution in [0.15, 0.2) is 30.3 Å². The monoisotopic (exact) mass is 286 g/mol. The van der Waals surface area contributed by atoms with Gasteiger partial charge in [0.15, 0.2) is 0 Å². The minimum absolute atomic E-state index is 0.0000231. The van der Waals surface area contributed by atoms with E-state index in [1.54, 1.807) is 30.3 Å². The highest BCUT2D eigenvalue weighted by atomic mass is 35.5. The zero-order valence-corrected chi connectivity index (χ0v) is 10.5. The number of carbonyl (C=O) groups is 3. The number of nitrogens with zero attached hydrogens (tertiary/aromatic N) is 1. The second-order valence-electron chi connectivity index (χ2n) is 3.71. The van der Waals surface area contributed by atoms with E-state index in [4.69, 9.17) is 23.2 Å². The van der Waals surface area contributed by atoms with Crippen molar-refractivity contribution >= 4 is 41.0 Å². The van der Waals surface area contributed by atoms with Gasteiger partial charge in [-0.15, -0.1) is 0 Å². The molecule has 0 aliphatic carbocycles. The molecule has 1 aliphatic rings. The first-order valence-electron chi connectivity index (χ1n) is 5.02. The van der Waals surface area contributed by atoms with Gasteiger partial charge in [0.2, 0.25) is 0 Å². The van der Waals surface area contributed by atoms with Crippen LogP contribution in [0, 0.1) is 0 Å². The van der Waals surface area contributed by atoms with Crippen molar-refractivity contribution in [2.75, 3.05) is 0 Å². The minimum Gasteiger partial charge on any atom is -0.274 e. The van der Waals surface area contributed by atoms with Gasteiger partial charge in [-0.25, -0.2) is 4.79 Å². The summed E-state index contributed by atoms with van der Waals surface area (Å²) < 4.78 is -2.26. The first kappa shape index (κ1) is 12.9. The number of imide groups is 2. The van der Waals surface area contributed by atoms with E-state index in [1.165, 1.54) is 0 Å². The van der Waals surface area contributed by atoms with Gasteiger partial charge >= 0.3 is 6.03 Å². The molecule has 0 radical (unpaired) electrons. The summed E-state index contributed by atoms with van der Waals surface area (Å²) in [5.74, 6) is -1.96. The first-order valence-corrected chi connectivity index (χ1v) is 5.77. The van der Waals surface area contributed by atoms with E-state index in [0.29, 0.717) is 0 Å². The maximum atomic E-state index is 11.9. The van der Waals surface area contributed by atoms with Crippen molar-refractivity contribution in [3.63, 3.8) is 0 Å². The lowest BCUT2D eigenvalue weighted by Crippen LogP contribution is -2.62. The fourth-order valence-corrected chi connectivity index (χ4v) is 1.81. The van der Waals surface area contributed by atoms with Crippen LogP contribution >= 0.6 is 23.2 Å². The van der Waals surface area contributed by atoms with E-state index in [-0.39, 0.29) is 6.54 Å². The Bertz CT molecular complexity index is 516. The van der Waals surface area contributed by atoms with Crippen LogP contribution in [0.1, 0.15) is 5.56 Å². The molecular formula is C11H8Cl2N2O3. The summed E-state index contributed by atoms with van der Waals surface area (Å²) >= 11 is 11.2. The number of amides is 4. The molecule has 2 rings (SSSR count). The van der Waals surface area contributed by atoms with Gasteiger partial charge in [-0.3, -0.25) is 19.8 Å². The van der Waals surface area contributed by atoms with E-state index in [0.717, 1.165) is 10.5 Å². The number of rotatable bonds is 2. The number of benzene rings is 1. The van der Waals surface area contributed by atoms with Crippen molar-refractivity contribution in [2.24, 2.45) is 0 Å². The van der Waals surface area contributed by atoms with Gasteiger partial charge in [-0.1, -0.05) is 53.5 Å². The average Bonchev–Trinajstić information content (AvgIpc) is 2.34. The topological polar surface area (TPSA) is 66.5 Å². The Balaban J connectivity index is 2.25. The quantitative estimate of drug-likeness (QED) is 0.661. The number of urea groups is 1. The SMILES string of the molecule is O=C1NC(=O)C(Cl)(Cl)C(=O)N1Cc1ccccc1. The molecule has 4 amide bonds. The van der Waals surface area contributed by atoms with Crippen molar-refractivity contribution in [3.8, 4) is 0 Å². The van der Waals surface area contributed by atoms with Crippen molar-refractivity contribution in [1.82, 2.24) is 10.2 Å². The molecule has 0 unspecified atom stereocenters. The minimum atomic E-state index is -2.26. The van der Waals surface area contributed by atoms with Gasteiger partial charge in [0.1, 0.15) is 0 Å². The van der Waals surface area contributed by atoms with Gasteiger partial charge in [-0.05, 0) is 5.56 Å². The molecule has 5 nitrogen and oxygen atoms in total. The fourth-order valence-electron chi connectivity index (χ4n) is 1.51. The lowest BCUT2D eigenvalue weighted by molar-refractivity contribution is -0.137. The molecule has 1 fully saturated rings. The summed E-state index contributed by atoms with van der Waals surface area (Å²) in [7, 11) is 0. The molecule has 7 heteroatoms. The zero-order chi connectivity index (χ0) is 13.3. The van der Waals surface area contributed by atoms with Gasteiger partial charge in [0, 0.05) is 0 Å². The Kier molecular flexibility index (Phi) is 3.28. The lowest BCUT2D eigenvalue weighted by atomic mass is 10.2. The molecule has 1 saturated heterocycles. The van der Waals surface area contributed by atoms with Crippen LogP contribution in [-0.4, -0.2) is 27.1 Å². The van der Waals surface area contributed by atoms with E-state index < -0.39 is 22.2 Å². The van der Waals surface area contributed by atoms with Crippen LogP contribution in [0.3, 0.4) is 0 Å². The van der Waals surface area contributed by atoms with Crippen LogP contribution < -0.4 is 5.32 Å². The van der Waals surface area contributed by atoms with E-state index in [9.17, 15) is 14.4 Å². The van der Waals surface area contributed by atoms with Crippen molar-refractivity contribution < 1.29 is 14.4 Å². The maximum absolute atomic E-state index is 11.9. The zero-order valence-electron chi connectivity index (χ0n) is 9.02. The number of halogens is 2. The average molecular weight is 287 g/mol. The molecule has 0 spiro atoms. The highest BCUT2D eigenvalue weighted by Gasteiger charge is 2.51. The van der Waals surface area contributed by atoms with Gasteiger partial charge in [0.05, 0.1) is 6.54 Å². The van der Waals surface area contributed by atoms with Gasteiger partial charge in [-0.2, -0.15) is 0 Å². The molecule has 1 aromatic rings. The van der Waals surface area contributed by atoms with Gasteiger partial charge in [0.25, 0.3) is 16.1 Å². The number of barbiturate groups is 1. The Morgan fingerprint density at radius 1 is 1.11 bits per heavy atom. The number of hydrogen-bond donors (Lipinski definition) is 1. The number of alkyl halides is 2. The third-order valence-corrected chi connectivity index (χ3v) is 3.11. The van der Waals surface area contributed by atoms with Crippen molar-refractivity contribution in [3.05, 3.63) is 35.9 Å². The highest BCUT2D eigenvalue weighted by molar-refractivity contribution is 6.69. The second kappa shape index (κ2) is 4.59. The molecule has 1 heterocycles. The molecule has 0 bridgehead atoms. The Morgan fingerprint density at radius 3 is 2.33 bits per heavy atom. The van der Waals surface area contributed by atoms with E-state index in [1.807, 2.05) is 5.32 Å². The van der Waals surface area contributed by atoms with Crippen molar-refractivity contribution in [1.29, 1.82) is 0 Å². The summed E-state index contributed by atoms with van der Waals surface area (Å²) in [6.45, 7) is -0.0000231. The smallest absolute Gasteiger partial charge is 0.274 e. The number of hydrogen-bond acceptors (Lipinski definition) is 3. The largest absolute Gasteiger partial charge is 0.331 e. The summed E-state index contributed by atoms with van der Waals surface area (Å²) in [6, 6.07) is 7.98. The predicted octanol–water partition coefficient (Wildman–Crippen LogP) is 1.44. The fraction of sp³-hybridized carbons (Fsp3) is 0.182. The van der Waals surface area contributed by atoms with E-state index in [2.05, 4.69) is 0 Å². The van der Waals surface area contributed by atoms with E-state index >= 15 is 0 Å². The Morgan fingerprint density at radius 2 is 1.72 bits per heavy atom. The Hall–Kier alpha value is -1.59. The van der Waals surface area contributed by atoms with Crippen LogP contribution in [-0.2, 0) is 16.1 Å². The van der Waals surface area contributed by atoms with Crippen LogP contribution in [0.5, 0.6) is 0 Å². The normalized spacial score (nSPS) is 18.8. The number of carbonyl (C=O) groups excluding carboxylic acids is 3. The molecule has 0 aromatic heterocycles. The molecule has 1 N–H and O–H groups in total. The maximum Gasteiger partial charge on any atom is 0.331 e. The molecule has 1 aromatic carbocycles. The van der Waals surface area contributed by atoms with Crippen LogP contribution in [0.2, 0.25) is 0 Å². The Labute approximate surface area is 113 Å². The molecule has 0 atom stereocenters. The summed E-state index contributed by atoms with van der Waals surface area (Å²) in [6.07, 6.45) is 0. The molecular weight excluding hydrogens is 279 g/mol. The predicted molar refractivity (Wildman–Crippen MR) is 65.0 cm³/mol. The number of nitrogens with one attached hydrogen (secondary N) is 1. The lowest BCUT2D eigenvalue weighted by Gasteiger charge is -2.31. The standard InChI is InChI=1S/C11H8Cl2N2O3/c12-11(13)8(16)14-10(18)15(9(11)17)6-7-4-2-1-3-5-7/h1-5H,6H2,(H,14,16,18). The highest BCUT2D eigenvalue weighted by Crippen LogP contribution is 2.28. The molecule has 1 aliphatic heterocycles.